The molecule has 0 spiro atoms. The van der Waals surface area contributed by atoms with E-state index in [9.17, 15) is 4.79 Å². The van der Waals surface area contributed by atoms with Gasteiger partial charge < -0.3 is 4.74 Å². The molecular weight excluding hydrogens is 508 g/mol. The summed E-state index contributed by atoms with van der Waals surface area (Å²) < 4.78 is 8.22. The van der Waals surface area contributed by atoms with Crippen molar-refractivity contribution in [3.8, 4) is 0 Å². The van der Waals surface area contributed by atoms with Crippen molar-refractivity contribution in [3.05, 3.63) is 45.3 Å². The summed E-state index contributed by atoms with van der Waals surface area (Å²) in [7, 11) is 0. The first kappa shape index (κ1) is 24.1. The van der Waals surface area contributed by atoms with Crippen molar-refractivity contribution in [1.82, 2.24) is 19.6 Å². The molecule has 0 radical (unpaired) electrons. The fourth-order valence-electron chi connectivity index (χ4n) is 3.98. The minimum atomic E-state index is -0.184. The zero-order valence-corrected chi connectivity index (χ0v) is 22.5. The molecule has 3 aromatic heterocycles. The number of carbonyl (C=O) groups excluding carboxylic acids is 1. The molecule has 6 nitrogen and oxygen atoms in total. The van der Waals surface area contributed by atoms with E-state index in [0.717, 1.165) is 46.0 Å². The van der Waals surface area contributed by atoms with Gasteiger partial charge in [-0.15, -0.1) is 21.5 Å². The van der Waals surface area contributed by atoms with Gasteiger partial charge in [-0.2, -0.15) is 0 Å². The van der Waals surface area contributed by atoms with Crippen molar-refractivity contribution >= 4 is 68.1 Å². The molecule has 0 saturated heterocycles. The van der Waals surface area contributed by atoms with Crippen LogP contribution in [0, 0.1) is 0 Å². The Balaban J connectivity index is 1.55. The molecule has 5 rings (SSSR count). The minimum Gasteiger partial charge on any atom is -0.369 e. The van der Waals surface area contributed by atoms with Crippen LogP contribution in [0.3, 0.4) is 0 Å². The average molecular weight is 533 g/mol. The fourth-order valence-corrected chi connectivity index (χ4v) is 6.99. The molecule has 1 atom stereocenters. The van der Waals surface area contributed by atoms with E-state index in [1.807, 2.05) is 4.40 Å². The van der Waals surface area contributed by atoms with Gasteiger partial charge >= 0.3 is 0 Å². The molecule has 178 valence electrons. The molecule has 1 aliphatic heterocycles. The quantitative estimate of drug-likeness (QED) is 0.142. The molecule has 0 fully saturated rings. The normalized spacial score (nSPS) is 18.0. The number of carbonyl (C=O) groups is 1. The molecule has 1 unspecified atom stereocenters. The van der Waals surface area contributed by atoms with Crippen LogP contribution < -0.4 is 0 Å². The highest BCUT2D eigenvalue weighted by Gasteiger charge is 2.33. The zero-order chi connectivity index (χ0) is 23.9. The van der Waals surface area contributed by atoms with Crippen molar-refractivity contribution in [2.45, 2.75) is 62.6 Å². The summed E-state index contributed by atoms with van der Waals surface area (Å²) in [4.78, 5) is 20.0. The maximum atomic E-state index is 12.8. The van der Waals surface area contributed by atoms with Gasteiger partial charge in [-0.3, -0.25) is 4.79 Å². The first-order valence-corrected chi connectivity index (χ1v) is 14.5. The maximum absolute atomic E-state index is 12.8. The number of ether oxygens (including phenoxy) is 1. The van der Waals surface area contributed by atoms with Crippen LogP contribution in [0.2, 0.25) is 5.02 Å². The van der Waals surface area contributed by atoms with Crippen LogP contribution >= 0.6 is 46.5 Å². The molecule has 34 heavy (non-hydrogen) atoms. The van der Waals surface area contributed by atoms with Gasteiger partial charge in [-0.1, -0.05) is 49.0 Å². The number of Topliss-reactive ketones (excluding diaryl/α,β-unsaturated/α-hetero) is 1. The zero-order valence-electron chi connectivity index (χ0n) is 19.3. The molecule has 4 heterocycles. The van der Waals surface area contributed by atoms with E-state index in [0.29, 0.717) is 22.3 Å². The number of nitrogens with zero attached hydrogens (tertiary/aromatic N) is 4. The van der Waals surface area contributed by atoms with Crippen LogP contribution in [-0.2, 0) is 17.8 Å². The van der Waals surface area contributed by atoms with Crippen molar-refractivity contribution in [2.75, 3.05) is 11.5 Å². The van der Waals surface area contributed by atoms with E-state index >= 15 is 0 Å². The van der Waals surface area contributed by atoms with Crippen molar-refractivity contribution in [1.29, 1.82) is 0 Å². The first-order chi connectivity index (χ1) is 16.4. The van der Waals surface area contributed by atoms with Gasteiger partial charge in [0, 0.05) is 27.6 Å². The number of hydrogen-bond donors (Lipinski definition) is 0. The SMILES string of the molecule is CCCSc1nc2sc3c(c2c2nnc(SCC(=O)c4ccc(Cl)cc4)n12)CC(C)(CC)OC3. The van der Waals surface area contributed by atoms with Crippen LogP contribution in [0.4, 0.5) is 0 Å². The fraction of sp³-hybridized carbons (Fsp3) is 0.417. The van der Waals surface area contributed by atoms with Gasteiger partial charge in [-0.05, 0) is 49.6 Å². The number of ketones is 1. The Morgan fingerprint density at radius 2 is 2.00 bits per heavy atom. The van der Waals surface area contributed by atoms with E-state index in [-0.39, 0.29) is 17.1 Å². The highest BCUT2D eigenvalue weighted by atomic mass is 35.5. The number of halogens is 1. The van der Waals surface area contributed by atoms with Gasteiger partial charge in [0.2, 0.25) is 0 Å². The van der Waals surface area contributed by atoms with Crippen molar-refractivity contribution < 1.29 is 9.53 Å². The number of rotatable bonds is 8. The Morgan fingerprint density at radius 3 is 2.74 bits per heavy atom. The Bertz CT molecular complexity index is 1370. The third-order valence-corrected chi connectivity index (χ3v) is 9.53. The molecule has 1 aromatic carbocycles. The third-order valence-electron chi connectivity index (χ3n) is 6.10. The van der Waals surface area contributed by atoms with Gasteiger partial charge in [0.15, 0.2) is 21.7 Å². The van der Waals surface area contributed by atoms with E-state index in [1.165, 1.54) is 22.2 Å². The second-order valence-electron chi connectivity index (χ2n) is 8.56. The number of hydrogen-bond acceptors (Lipinski definition) is 8. The minimum absolute atomic E-state index is 0.0268. The highest BCUT2D eigenvalue weighted by molar-refractivity contribution is 8.00. The van der Waals surface area contributed by atoms with Crippen LogP contribution in [0.1, 0.15) is 54.4 Å². The Kier molecular flexibility index (Phi) is 6.92. The Hall–Kier alpha value is -1.65. The first-order valence-electron chi connectivity index (χ1n) is 11.3. The molecule has 0 saturated carbocycles. The summed E-state index contributed by atoms with van der Waals surface area (Å²) in [5, 5.41) is 12.4. The Labute approximate surface area is 215 Å². The summed E-state index contributed by atoms with van der Waals surface area (Å²) in [6.07, 6.45) is 2.82. The highest BCUT2D eigenvalue weighted by Crippen LogP contribution is 2.42. The lowest BCUT2D eigenvalue weighted by Crippen LogP contribution is -2.33. The van der Waals surface area contributed by atoms with Gasteiger partial charge in [0.25, 0.3) is 0 Å². The predicted octanol–water partition coefficient (Wildman–Crippen LogP) is 6.71. The number of aromatic nitrogens is 4. The molecule has 0 aliphatic carbocycles. The number of thiophene rings is 1. The predicted molar refractivity (Wildman–Crippen MR) is 141 cm³/mol. The third kappa shape index (κ3) is 4.48. The lowest BCUT2D eigenvalue weighted by molar-refractivity contribution is -0.0542. The van der Waals surface area contributed by atoms with Crippen LogP contribution in [0.25, 0.3) is 15.9 Å². The summed E-state index contributed by atoms with van der Waals surface area (Å²) in [6.45, 7) is 7.09. The lowest BCUT2D eigenvalue weighted by atomic mass is 9.90. The number of benzene rings is 1. The van der Waals surface area contributed by atoms with Crippen molar-refractivity contribution in [3.63, 3.8) is 0 Å². The second kappa shape index (κ2) is 9.78. The lowest BCUT2D eigenvalue weighted by Gasteiger charge is -2.33. The Morgan fingerprint density at radius 1 is 1.21 bits per heavy atom. The summed E-state index contributed by atoms with van der Waals surface area (Å²) >= 11 is 10.8. The number of fused-ring (bicyclic) bond motifs is 5. The van der Waals surface area contributed by atoms with Crippen LogP contribution in [0.15, 0.2) is 34.6 Å². The molecule has 0 bridgehead atoms. The average Bonchev–Trinajstić information content (AvgIpc) is 3.42. The molecule has 0 N–H and O–H groups in total. The molecule has 4 aromatic rings. The van der Waals surface area contributed by atoms with E-state index < -0.39 is 0 Å². The smallest absolute Gasteiger partial charge is 0.198 e. The van der Waals surface area contributed by atoms with Gasteiger partial charge in [0.05, 0.1) is 23.3 Å². The molecular formula is C24H25ClN4O2S3. The van der Waals surface area contributed by atoms with Crippen molar-refractivity contribution in [2.24, 2.45) is 0 Å². The largest absolute Gasteiger partial charge is 0.369 e. The van der Waals surface area contributed by atoms with Gasteiger partial charge in [0.1, 0.15) is 4.83 Å². The number of thioether (sulfide) groups is 2. The topological polar surface area (TPSA) is 69.4 Å². The second-order valence-corrected chi connectivity index (χ2v) is 12.1. The molecule has 0 amide bonds. The molecule has 1 aliphatic rings. The standard InChI is InChI=1S/C24H25ClN4O2S3/c1-4-10-32-22-26-21-19(16-11-24(3,5-2)31-12-18(16)34-21)20-27-28-23(29(20)22)33-13-17(30)14-6-8-15(25)9-7-14/h6-9H,4-5,10-13H2,1-3H3. The van der Waals surface area contributed by atoms with E-state index in [1.54, 1.807) is 47.4 Å². The summed E-state index contributed by atoms with van der Waals surface area (Å²) in [5.74, 6) is 1.24. The molecule has 10 heteroatoms. The summed E-state index contributed by atoms with van der Waals surface area (Å²) in [5.41, 5.74) is 2.55. The monoisotopic (exact) mass is 532 g/mol. The summed E-state index contributed by atoms with van der Waals surface area (Å²) in [6, 6.07) is 6.98. The maximum Gasteiger partial charge on any atom is 0.198 e. The van der Waals surface area contributed by atoms with E-state index in [2.05, 4.69) is 31.0 Å². The van der Waals surface area contributed by atoms with Gasteiger partial charge in [-0.25, -0.2) is 9.38 Å². The van der Waals surface area contributed by atoms with E-state index in [4.69, 9.17) is 21.3 Å². The van der Waals surface area contributed by atoms with Crippen LogP contribution in [0.5, 0.6) is 0 Å². The van der Waals surface area contributed by atoms with Crippen LogP contribution in [-0.4, -0.2) is 42.5 Å².